The van der Waals surface area contributed by atoms with Crippen molar-refractivity contribution in [2.45, 2.75) is 33.6 Å². The number of nitrogens with one attached hydrogen (secondary N) is 1. The predicted molar refractivity (Wildman–Crippen MR) is 59.9 cm³/mol. The zero-order chi connectivity index (χ0) is 9.23. The van der Waals surface area contributed by atoms with E-state index in [0.29, 0.717) is 0 Å². The van der Waals surface area contributed by atoms with Gasteiger partial charge in [-0.1, -0.05) is 27.2 Å². The molecule has 0 spiro atoms. The highest BCUT2D eigenvalue weighted by molar-refractivity contribution is 7.99. The Labute approximate surface area is 81.7 Å². The summed E-state index contributed by atoms with van der Waals surface area (Å²) in [5.74, 6) is 3.48. The van der Waals surface area contributed by atoms with E-state index in [4.69, 9.17) is 0 Å². The van der Waals surface area contributed by atoms with Crippen molar-refractivity contribution in [2.24, 2.45) is 5.92 Å². The van der Waals surface area contributed by atoms with Crippen molar-refractivity contribution >= 4 is 11.8 Å². The summed E-state index contributed by atoms with van der Waals surface area (Å²) in [7, 11) is 0. The number of hydrogen-bond acceptors (Lipinski definition) is 2. The van der Waals surface area contributed by atoms with E-state index in [1.165, 1.54) is 30.9 Å². The first-order valence-electron chi connectivity index (χ1n) is 5.09. The number of thioether (sulfide) groups is 1. The summed E-state index contributed by atoms with van der Waals surface area (Å²) >= 11 is 2.10. The average Bonchev–Trinajstić information content (AvgIpc) is 2.09. The molecule has 0 rings (SSSR count). The quantitative estimate of drug-likeness (QED) is 0.589. The Morgan fingerprint density at radius 2 is 2.08 bits per heavy atom. The normalized spacial score (nSPS) is 13.2. The molecular weight excluding hydrogens is 166 g/mol. The van der Waals surface area contributed by atoms with Crippen LogP contribution in [0.5, 0.6) is 0 Å². The molecule has 0 amide bonds. The van der Waals surface area contributed by atoms with Gasteiger partial charge in [0.05, 0.1) is 0 Å². The van der Waals surface area contributed by atoms with Gasteiger partial charge in [0, 0.05) is 0 Å². The molecule has 12 heavy (non-hydrogen) atoms. The summed E-state index contributed by atoms with van der Waals surface area (Å²) in [6.07, 6.45) is 2.70. The fraction of sp³-hybridized carbons (Fsp3) is 1.00. The molecule has 0 aliphatic carbocycles. The molecule has 0 radical (unpaired) electrons. The number of rotatable bonds is 8. The monoisotopic (exact) mass is 189 g/mol. The Kier molecular flexibility index (Phi) is 9.64. The lowest BCUT2D eigenvalue weighted by Gasteiger charge is -2.10. The number of hydrogen-bond donors (Lipinski definition) is 1. The van der Waals surface area contributed by atoms with Crippen molar-refractivity contribution in [3.8, 4) is 0 Å². The van der Waals surface area contributed by atoms with Crippen LogP contribution < -0.4 is 5.32 Å². The maximum absolute atomic E-state index is 3.38. The molecule has 1 nitrogen and oxygen atoms in total. The van der Waals surface area contributed by atoms with Gasteiger partial charge in [0.2, 0.25) is 0 Å². The molecule has 0 aliphatic rings. The Hall–Kier alpha value is 0.310. The molecule has 0 aromatic rings. The van der Waals surface area contributed by atoms with E-state index in [2.05, 4.69) is 37.8 Å². The molecule has 1 unspecified atom stereocenters. The van der Waals surface area contributed by atoms with E-state index in [1.54, 1.807) is 0 Å². The van der Waals surface area contributed by atoms with Gasteiger partial charge in [-0.3, -0.25) is 0 Å². The minimum absolute atomic E-state index is 0.826. The highest BCUT2D eigenvalue weighted by Crippen LogP contribution is 2.09. The van der Waals surface area contributed by atoms with E-state index < -0.39 is 0 Å². The minimum atomic E-state index is 0.826. The highest BCUT2D eigenvalue weighted by Gasteiger charge is 1.99. The van der Waals surface area contributed by atoms with Crippen molar-refractivity contribution in [1.29, 1.82) is 0 Å². The van der Waals surface area contributed by atoms with Crippen molar-refractivity contribution in [2.75, 3.05) is 24.6 Å². The van der Waals surface area contributed by atoms with Crippen LogP contribution in [0.1, 0.15) is 33.6 Å². The summed E-state index contributed by atoms with van der Waals surface area (Å²) in [6.45, 7) is 9.01. The Morgan fingerprint density at radius 1 is 1.33 bits per heavy atom. The van der Waals surface area contributed by atoms with E-state index in [0.717, 1.165) is 12.5 Å². The summed E-state index contributed by atoms with van der Waals surface area (Å²) in [4.78, 5) is 0. The van der Waals surface area contributed by atoms with Gasteiger partial charge < -0.3 is 5.32 Å². The smallest absolute Gasteiger partial charge is 0.00154 e. The molecule has 0 aromatic heterocycles. The first kappa shape index (κ1) is 12.3. The fourth-order valence-corrected chi connectivity index (χ4v) is 2.16. The van der Waals surface area contributed by atoms with Crippen LogP contribution in [0.4, 0.5) is 0 Å². The maximum atomic E-state index is 3.38. The van der Waals surface area contributed by atoms with E-state index in [-0.39, 0.29) is 0 Å². The first-order chi connectivity index (χ1) is 5.81. The molecule has 0 saturated heterocycles. The second kappa shape index (κ2) is 9.40. The van der Waals surface area contributed by atoms with E-state index in [9.17, 15) is 0 Å². The van der Waals surface area contributed by atoms with Crippen LogP contribution in [0, 0.1) is 5.92 Å². The van der Waals surface area contributed by atoms with Gasteiger partial charge >= 0.3 is 0 Å². The SMILES string of the molecule is CCCCSCC(C)CNCC. The lowest BCUT2D eigenvalue weighted by molar-refractivity contribution is 0.573. The van der Waals surface area contributed by atoms with Gasteiger partial charge in [0.15, 0.2) is 0 Å². The standard InChI is InChI=1S/C10H23NS/c1-4-6-7-12-9-10(3)8-11-5-2/h10-11H,4-9H2,1-3H3. The molecule has 0 saturated carbocycles. The van der Waals surface area contributed by atoms with Crippen molar-refractivity contribution < 1.29 is 0 Å². The van der Waals surface area contributed by atoms with Gasteiger partial charge in [0.1, 0.15) is 0 Å². The zero-order valence-electron chi connectivity index (χ0n) is 8.73. The van der Waals surface area contributed by atoms with Crippen LogP contribution in [-0.4, -0.2) is 24.6 Å². The number of unbranched alkanes of at least 4 members (excludes halogenated alkanes) is 1. The average molecular weight is 189 g/mol. The van der Waals surface area contributed by atoms with Crippen molar-refractivity contribution in [1.82, 2.24) is 5.32 Å². The van der Waals surface area contributed by atoms with Crippen LogP contribution in [0.3, 0.4) is 0 Å². The lowest BCUT2D eigenvalue weighted by Crippen LogP contribution is -2.21. The summed E-state index contributed by atoms with van der Waals surface area (Å²) in [6, 6.07) is 0. The van der Waals surface area contributed by atoms with Crippen LogP contribution in [0.15, 0.2) is 0 Å². The van der Waals surface area contributed by atoms with Gasteiger partial charge in [0.25, 0.3) is 0 Å². The Bertz CT molecular complexity index is 85.9. The fourth-order valence-electron chi connectivity index (χ4n) is 0.981. The van der Waals surface area contributed by atoms with Gasteiger partial charge in [-0.15, -0.1) is 0 Å². The first-order valence-corrected chi connectivity index (χ1v) is 6.25. The van der Waals surface area contributed by atoms with Gasteiger partial charge in [-0.05, 0) is 36.9 Å². The maximum Gasteiger partial charge on any atom is -0.00154 e. The largest absolute Gasteiger partial charge is 0.317 e. The van der Waals surface area contributed by atoms with Gasteiger partial charge in [-0.2, -0.15) is 11.8 Å². The third-order valence-corrected chi connectivity index (χ3v) is 3.17. The Balaban J connectivity index is 3.02. The molecule has 1 atom stereocenters. The summed E-state index contributed by atoms with van der Waals surface area (Å²) in [5.41, 5.74) is 0. The molecule has 2 heteroatoms. The van der Waals surface area contributed by atoms with E-state index in [1.807, 2.05) is 0 Å². The molecule has 0 bridgehead atoms. The topological polar surface area (TPSA) is 12.0 Å². The second-order valence-corrected chi connectivity index (χ2v) is 4.49. The minimum Gasteiger partial charge on any atom is -0.317 e. The molecule has 0 aromatic carbocycles. The second-order valence-electron chi connectivity index (χ2n) is 3.34. The van der Waals surface area contributed by atoms with E-state index >= 15 is 0 Å². The zero-order valence-corrected chi connectivity index (χ0v) is 9.54. The third-order valence-electron chi connectivity index (χ3n) is 1.79. The molecule has 0 heterocycles. The lowest BCUT2D eigenvalue weighted by atomic mass is 10.2. The van der Waals surface area contributed by atoms with Crippen LogP contribution in [0.2, 0.25) is 0 Å². The van der Waals surface area contributed by atoms with Crippen LogP contribution in [0.25, 0.3) is 0 Å². The van der Waals surface area contributed by atoms with Crippen molar-refractivity contribution in [3.05, 3.63) is 0 Å². The Morgan fingerprint density at radius 3 is 2.67 bits per heavy atom. The predicted octanol–water partition coefficient (Wildman–Crippen LogP) is 2.77. The van der Waals surface area contributed by atoms with Crippen LogP contribution >= 0.6 is 11.8 Å². The van der Waals surface area contributed by atoms with Crippen molar-refractivity contribution in [3.63, 3.8) is 0 Å². The van der Waals surface area contributed by atoms with Crippen LogP contribution in [-0.2, 0) is 0 Å². The highest BCUT2D eigenvalue weighted by atomic mass is 32.2. The molecular formula is C10H23NS. The molecule has 0 fully saturated rings. The molecule has 1 N–H and O–H groups in total. The molecule has 74 valence electrons. The summed E-state index contributed by atoms with van der Waals surface area (Å²) in [5, 5.41) is 3.38. The third kappa shape index (κ3) is 8.41. The van der Waals surface area contributed by atoms with Gasteiger partial charge in [-0.25, -0.2) is 0 Å². The summed E-state index contributed by atoms with van der Waals surface area (Å²) < 4.78 is 0. The molecule has 0 aliphatic heterocycles.